The average molecular weight is 217 g/mol. The van der Waals surface area contributed by atoms with Gasteiger partial charge in [-0.3, -0.25) is 0 Å². The van der Waals surface area contributed by atoms with Gasteiger partial charge in [0.1, 0.15) is 6.20 Å². The molecule has 0 saturated heterocycles. The third kappa shape index (κ3) is 2.86. The molecule has 0 aliphatic heterocycles. The summed E-state index contributed by atoms with van der Waals surface area (Å²) >= 11 is 0. The molecule has 0 saturated carbocycles. The predicted octanol–water partition coefficient (Wildman–Crippen LogP) is 0.965. The standard InChI is InChI=1S/C7H7NO7/c1-11-6(9)13-4-3-8-15-5(4)14-7(10)12-2/h3H,1-2H3. The number of hydrogen-bond donors (Lipinski definition) is 0. The number of rotatable bonds is 2. The third-order valence-electron chi connectivity index (χ3n) is 1.21. The van der Waals surface area contributed by atoms with Crippen molar-refractivity contribution >= 4 is 12.3 Å². The lowest BCUT2D eigenvalue weighted by molar-refractivity contribution is 0.0992. The summed E-state index contributed by atoms with van der Waals surface area (Å²) in [5.74, 6) is -0.584. The van der Waals surface area contributed by atoms with Crippen LogP contribution in [0.15, 0.2) is 10.7 Å². The Balaban J connectivity index is 2.69. The molecule has 0 N–H and O–H groups in total. The number of hydrogen-bond acceptors (Lipinski definition) is 8. The van der Waals surface area contributed by atoms with Crippen molar-refractivity contribution in [2.75, 3.05) is 14.2 Å². The van der Waals surface area contributed by atoms with E-state index in [2.05, 4.69) is 28.6 Å². The van der Waals surface area contributed by atoms with Gasteiger partial charge in [0, 0.05) is 0 Å². The Morgan fingerprint density at radius 3 is 2.40 bits per heavy atom. The highest BCUT2D eigenvalue weighted by atomic mass is 16.8. The maximum Gasteiger partial charge on any atom is 0.516 e. The second kappa shape index (κ2) is 4.84. The van der Waals surface area contributed by atoms with Crippen molar-refractivity contribution in [2.24, 2.45) is 0 Å². The van der Waals surface area contributed by atoms with Gasteiger partial charge >= 0.3 is 18.3 Å². The van der Waals surface area contributed by atoms with Gasteiger partial charge in [0.2, 0.25) is 5.75 Å². The number of carbonyl (C=O) groups excluding carboxylic acids is 2. The molecule has 1 aromatic heterocycles. The van der Waals surface area contributed by atoms with E-state index in [0.717, 1.165) is 20.4 Å². The normalized spacial score (nSPS) is 9.20. The molecule has 0 aromatic carbocycles. The number of carbonyl (C=O) groups is 2. The van der Waals surface area contributed by atoms with Gasteiger partial charge in [-0.25, -0.2) is 9.59 Å². The quantitative estimate of drug-likeness (QED) is 0.675. The first kappa shape index (κ1) is 10.8. The highest BCUT2D eigenvalue weighted by molar-refractivity contribution is 5.66. The summed E-state index contributed by atoms with van der Waals surface area (Å²) in [6.07, 6.45) is -0.982. The summed E-state index contributed by atoms with van der Waals surface area (Å²) in [5, 5.41) is 3.26. The molecule has 8 nitrogen and oxygen atoms in total. The predicted molar refractivity (Wildman–Crippen MR) is 42.6 cm³/mol. The Labute approximate surface area is 83.6 Å². The van der Waals surface area contributed by atoms with E-state index in [0.29, 0.717) is 0 Å². The van der Waals surface area contributed by atoms with Crippen LogP contribution in [0, 0.1) is 0 Å². The minimum absolute atomic E-state index is 0.188. The number of ether oxygens (including phenoxy) is 4. The molecule has 0 aliphatic carbocycles. The molecule has 0 bridgehead atoms. The molecule has 8 heteroatoms. The Kier molecular flexibility index (Phi) is 3.49. The summed E-state index contributed by atoms with van der Waals surface area (Å²) in [5.41, 5.74) is 0. The van der Waals surface area contributed by atoms with Gasteiger partial charge in [0.05, 0.1) is 14.2 Å². The third-order valence-corrected chi connectivity index (χ3v) is 1.21. The van der Waals surface area contributed by atoms with Gasteiger partial charge in [0.25, 0.3) is 0 Å². The molecule has 0 spiro atoms. The Hall–Kier alpha value is -2.25. The fourth-order valence-corrected chi connectivity index (χ4v) is 0.606. The van der Waals surface area contributed by atoms with Gasteiger partial charge in [-0.05, 0) is 0 Å². The largest absolute Gasteiger partial charge is 0.516 e. The highest BCUT2D eigenvalue weighted by Gasteiger charge is 2.18. The van der Waals surface area contributed by atoms with E-state index in [9.17, 15) is 9.59 Å². The van der Waals surface area contributed by atoms with E-state index < -0.39 is 18.3 Å². The van der Waals surface area contributed by atoms with Crippen LogP contribution in [0.5, 0.6) is 11.7 Å². The smallest absolute Gasteiger partial charge is 0.437 e. The molecule has 1 heterocycles. The molecule has 82 valence electrons. The second-order valence-electron chi connectivity index (χ2n) is 2.09. The van der Waals surface area contributed by atoms with Crippen LogP contribution in [-0.2, 0) is 9.47 Å². The Morgan fingerprint density at radius 1 is 1.20 bits per heavy atom. The lowest BCUT2D eigenvalue weighted by Gasteiger charge is -2.00. The first-order valence-corrected chi connectivity index (χ1v) is 3.63. The molecular weight excluding hydrogens is 210 g/mol. The van der Waals surface area contributed by atoms with Gasteiger partial charge in [-0.1, -0.05) is 5.16 Å². The van der Waals surface area contributed by atoms with E-state index >= 15 is 0 Å². The van der Waals surface area contributed by atoms with Crippen molar-refractivity contribution in [3.8, 4) is 11.7 Å². The van der Waals surface area contributed by atoms with Crippen molar-refractivity contribution in [1.82, 2.24) is 5.16 Å². The molecule has 1 rings (SSSR count). The van der Waals surface area contributed by atoms with E-state index in [1.807, 2.05) is 0 Å². The van der Waals surface area contributed by atoms with Gasteiger partial charge in [-0.2, -0.15) is 0 Å². The van der Waals surface area contributed by atoms with Crippen molar-refractivity contribution in [2.45, 2.75) is 0 Å². The summed E-state index contributed by atoms with van der Waals surface area (Å²) < 4.78 is 21.9. The van der Waals surface area contributed by atoms with Gasteiger partial charge in [-0.15, -0.1) is 0 Å². The van der Waals surface area contributed by atoms with Crippen molar-refractivity contribution in [1.29, 1.82) is 0 Å². The zero-order valence-electron chi connectivity index (χ0n) is 7.88. The van der Waals surface area contributed by atoms with Crippen molar-refractivity contribution in [3.63, 3.8) is 0 Å². The SMILES string of the molecule is COC(=O)Oc1cnoc1OC(=O)OC. The number of methoxy groups -OCH3 is 2. The topological polar surface area (TPSA) is 97.1 Å². The maximum absolute atomic E-state index is 10.7. The van der Waals surface area contributed by atoms with E-state index in [1.165, 1.54) is 0 Å². The summed E-state index contributed by atoms with van der Waals surface area (Å²) in [6, 6.07) is 0. The summed E-state index contributed by atoms with van der Waals surface area (Å²) in [7, 11) is 2.23. The van der Waals surface area contributed by atoms with E-state index in [1.54, 1.807) is 0 Å². The molecule has 15 heavy (non-hydrogen) atoms. The summed E-state index contributed by atoms with van der Waals surface area (Å²) in [6.45, 7) is 0. The molecule has 0 radical (unpaired) electrons. The van der Waals surface area contributed by atoms with Gasteiger partial charge < -0.3 is 23.5 Å². The fraction of sp³-hybridized carbons (Fsp3) is 0.286. The average Bonchev–Trinajstić information content (AvgIpc) is 2.65. The minimum Gasteiger partial charge on any atom is -0.437 e. The van der Waals surface area contributed by atoms with Crippen LogP contribution in [0.2, 0.25) is 0 Å². The molecule has 0 atom stereocenters. The number of nitrogens with zero attached hydrogens (tertiary/aromatic N) is 1. The lowest BCUT2D eigenvalue weighted by atomic mass is 10.6. The molecule has 0 aliphatic rings. The van der Waals surface area contributed by atoms with E-state index in [4.69, 9.17) is 0 Å². The van der Waals surface area contributed by atoms with Crippen LogP contribution in [0.3, 0.4) is 0 Å². The molecular formula is C7H7NO7. The Morgan fingerprint density at radius 2 is 1.80 bits per heavy atom. The zero-order valence-corrected chi connectivity index (χ0v) is 7.88. The van der Waals surface area contributed by atoms with Crippen molar-refractivity contribution < 1.29 is 33.1 Å². The van der Waals surface area contributed by atoms with Crippen molar-refractivity contribution in [3.05, 3.63) is 6.20 Å². The van der Waals surface area contributed by atoms with Crippen LogP contribution in [0.25, 0.3) is 0 Å². The first-order valence-electron chi connectivity index (χ1n) is 3.63. The number of aromatic nitrogens is 1. The van der Waals surface area contributed by atoms with Crippen LogP contribution in [0.4, 0.5) is 9.59 Å². The van der Waals surface area contributed by atoms with Crippen LogP contribution >= 0.6 is 0 Å². The van der Waals surface area contributed by atoms with Gasteiger partial charge in [0.15, 0.2) is 0 Å². The first-order chi connectivity index (χ1) is 7.17. The lowest BCUT2D eigenvalue weighted by Crippen LogP contribution is -2.10. The van der Waals surface area contributed by atoms with E-state index in [-0.39, 0.29) is 5.75 Å². The molecule has 0 amide bonds. The fourth-order valence-electron chi connectivity index (χ4n) is 0.606. The monoisotopic (exact) mass is 217 g/mol. The molecule has 0 unspecified atom stereocenters. The van der Waals surface area contributed by atoms with Crippen LogP contribution in [0.1, 0.15) is 0 Å². The summed E-state index contributed by atoms with van der Waals surface area (Å²) in [4.78, 5) is 21.4. The Bertz CT molecular complexity index is 325. The van der Waals surface area contributed by atoms with Crippen LogP contribution in [-0.4, -0.2) is 31.7 Å². The van der Waals surface area contributed by atoms with Crippen LogP contribution < -0.4 is 9.47 Å². The zero-order chi connectivity index (χ0) is 11.3. The molecule has 1 aromatic rings. The molecule has 0 fully saturated rings. The second-order valence-corrected chi connectivity index (χ2v) is 2.09. The maximum atomic E-state index is 10.7. The minimum atomic E-state index is -1.03. The highest BCUT2D eigenvalue weighted by Crippen LogP contribution is 2.26.